The van der Waals surface area contributed by atoms with Gasteiger partial charge in [0, 0.05) is 25.5 Å². The number of aryl methyl sites for hydroxylation is 1. The van der Waals surface area contributed by atoms with Crippen molar-refractivity contribution in [2.24, 2.45) is 0 Å². The monoisotopic (exact) mass is 303 g/mol. The zero-order valence-electron chi connectivity index (χ0n) is 13.2. The molecule has 1 aliphatic rings. The zero-order chi connectivity index (χ0) is 15.7. The van der Waals surface area contributed by atoms with Gasteiger partial charge in [0.15, 0.2) is 18.0 Å². The summed E-state index contributed by atoms with van der Waals surface area (Å²) >= 11 is 0. The van der Waals surface area contributed by atoms with Crippen molar-refractivity contribution >= 4 is 11.6 Å². The van der Waals surface area contributed by atoms with Crippen molar-refractivity contribution in [1.29, 1.82) is 0 Å². The number of ether oxygens (including phenoxy) is 2. The fourth-order valence-corrected chi connectivity index (χ4v) is 2.83. The number of carbonyl (C=O) groups is 1. The van der Waals surface area contributed by atoms with E-state index in [1.807, 2.05) is 49.7 Å². The first-order valence-corrected chi connectivity index (χ1v) is 7.53. The summed E-state index contributed by atoms with van der Waals surface area (Å²) in [4.78, 5) is 18.5. The van der Waals surface area contributed by atoms with E-state index in [4.69, 9.17) is 9.47 Å². The molecule has 1 amide bonds. The first kappa shape index (κ1) is 14.8. The third-order valence-electron chi connectivity index (χ3n) is 3.69. The lowest BCUT2D eigenvalue weighted by molar-refractivity contribution is -0.145. The highest BCUT2D eigenvalue weighted by atomic mass is 16.5. The van der Waals surface area contributed by atoms with Crippen LogP contribution in [0.1, 0.15) is 19.5 Å². The van der Waals surface area contributed by atoms with Gasteiger partial charge in [0.25, 0.3) is 5.91 Å². The molecule has 6 nitrogen and oxygen atoms in total. The number of pyridine rings is 1. The van der Waals surface area contributed by atoms with E-state index in [1.165, 1.54) is 0 Å². The van der Waals surface area contributed by atoms with Crippen molar-refractivity contribution in [3.8, 4) is 5.75 Å². The molecule has 1 fully saturated rings. The molecule has 0 bridgehead atoms. The number of hydrogen-bond donors (Lipinski definition) is 0. The normalized spacial score (nSPS) is 22.0. The second-order valence-electron chi connectivity index (χ2n) is 5.83. The smallest absolute Gasteiger partial charge is 0.260 e. The quantitative estimate of drug-likeness (QED) is 0.865. The summed E-state index contributed by atoms with van der Waals surface area (Å²) in [5.74, 6) is 0.602. The number of nitrogens with zero attached hydrogens (tertiary/aromatic N) is 3. The van der Waals surface area contributed by atoms with Gasteiger partial charge in [-0.2, -0.15) is 0 Å². The molecule has 2 aromatic heterocycles. The Bertz CT molecular complexity index is 672. The van der Waals surface area contributed by atoms with Crippen LogP contribution < -0.4 is 4.74 Å². The second kappa shape index (κ2) is 5.96. The van der Waals surface area contributed by atoms with Crippen molar-refractivity contribution in [2.45, 2.75) is 33.0 Å². The third kappa shape index (κ3) is 3.06. The molecular weight excluding hydrogens is 282 g/mol. The fraction of sp³-hybridized carbons (Fsp3) is 0.500. The highest BCUT2D eigenvalue weighted by molar-refractivity contribution is 5.78. The van der Waals surface area contributed by atoms with Crippen molar-refractivity contribution in [1.82, 2.24) is 14.3 Å². The number of rotatable bonds is 3. The molecule has 22 heavy (non-hydrogen) atoms. The molecule has 0 aromatic carbocycles. The minimum absolute atomic E-state index is 0.0189. The Hall–Kier alpha value is -2.08. The molecular formula is C16H21N3O3. The van der Waals surface area contributed by atoms with E-state index in [0.29, 0.717) is 18.8 Å². The molecule has 2 atom stereocenters. The Kier molecular flexibility index (Phi) is 4.02. The minimum atomic E-state index is -0.0210. The number of amides is 1. The van der Waals surface area contributed by atoms with E-state index in [2.05, 4.69) is 4.98 Å². The average Bonchev–Trinajstić information content (AvgIpc) is 2.84. The van der Waals surface area contributed by atoms with Crippen molar-refractivity contribution in [3.63, 3.8) is 0 Å². The van der Waals surface area contributed by atoms with Gasteiger partial charge >= 0.3 is 0 Å². The summed E-state index contributed by atoms with van der Waals surface area (Å²) in [6.45, 7) is 7.12. The van der Waals surface area contributed by atoms with E-state index in [-0.39, 0.29) is 24.7 Å². The fourth-order valence-electron chi connectivity index (χ4n) is 2.83. The molecule has 0 N–H and O–H groups in total. The maximum Gasteiger partial charge on any atom is 0.260 e. The van der Waals surface area contributed by atoms with Crippen LogP contribution in [-0.2, 0) is 9.53 Å². The molecule has 0 saturated carbocycles. The van der Waals surface area contributed by atoms with Crippen LogP contribution in [0.5, 0.6) is 5.75 Å². The summed E-state index contributed by atoms with van der Waals surface area (Å²) in [6.07, 6.45) is 3.96. The lowest BCUT2D eigenvalue weighted by atomic mass is 10.2. The van der Waals surface area contributed by atoms with Gasteiger partial charge in [0.2, 0.25) is 0 Å². The van der Waals surface area contributed by atoms with Crippen LogP contribution in [0.4, 0.5) is 0 Å². The topological polar surface area (TPSA) is 56.1 Å². The van der Waals surface area contributed by atoms with E-state index in [1.54, 1.807) is 4.90 Å². The Morgan fingerprint density at radius 1 is 1.41 bits per heavy atom. The molecule has 0 radical (unpaired) electrons. The van der Waals surface area contributed by atoms with Crippen molar-refractivity contribution in [3.05, 3.63) is 30.2 Å². The first-order valence-electron chi connectivity index (χ1n) is 7.53. The molecule has 1 aliphatic heterocycles. The van der Waals surface area contributed by atoms with Crippen LogP contribution in [0.25, 0.3) is 5.65 Å². The summed E-state index contributed by atoms with van der Waals surface area (Å²) in [6, 6.07) is 3.71. The lowest BCUT2D eigenvalue weighted by Crippen LogP contribution is -2.49. The number of hydrogen-bond acceptors (Lipinski definition) is 4. The van der Waals surface area contributed by atoms with Crippen LogP contribution in [-0.4, -0.2) is 52.1 Å². The predicted molar refractivity (Wildman–Crippen MR) is 82.0 cm³/mol. The van der Waals surface area contributed by atoms with Gasteiger partial charge in [-0.25, -0.2) is 4.98 Å². The lowest BCUT2D eigenvalue weighted by Gasteiger charge is -2.35. The Morgan fingerprint density at radius 2 is 2.14 bits per heavy atom. The minimum Gasteiger partial charge on any atom is -0.480 e. The van der Waals surface area contributed by atoms with Gasteiger partial charge in [0.05, 0.1) is 17.9 Å². The Morgan fingerprint density at radius 3 is 2.86 bits per heavy atom. The van der Waals surface area contributed by atoms with Crippen LogP contribution in [0.3, 0.4) is 0 Å². The maximum absolute atomic E-state index is 12.3. The van der Waals surface area contributed by atoms with Crippen LogP contribution >= 0.6 is 0 Å². The predicted octanol–water partition coefficient (Wildman–Crippen LogP) is 1.66. The van der Waals surface area contributed by atoms with E-state index < -0.39 is 0 Å². The summed E-state index contributed by atoms with van der Waals surface area (Å²) < 4.78 is 13.2. The van der Waals surface area contributed by atoms with E-state index in [0.717, 1.165) is 11.3 Å². The first-order chi connectivity index (χ1) is 10.5. The van der Waals surface area contributed by atoms with Gasteiger partial charge in [-0.15, -0.1) is 0 Å². The van der Waals surface area contributed by atoms with Crippen molar-refractivity contribution < 1.29 is 14.3 Å². The molecule has 2 aromatic rings. The molecule has 3 rings (SSSR count). The Balaban J connectivity index is 1.67. The zero-order valence-corrected chi connectivity index (χ0v) is 13.2. The largest absolute Gasteiger partial charge is 0.480 e. The van der Waals surface area contributed by atoms with Crippen molar-refractivity contribution in [2.75, 3.05) is 19.7 Å². The number of carbonyl (C=O) groups excluding carboxylic acids is 1. The summed E-state index contributed by atoms with van der Waals surface area (Å²) in [5, 5.41) is 0. The number of aromatic nitrogens is 2. The molecule has 6 heteroatoms. The molecule has 0 spiro atoms. The summed E-state index contributed by atoms with van der Waals surface area (Å²) in [7, 11) is 0. The molecule has 2 unspecified atom stereocenters. The number of fused-ring (bicyclic) bond motifs is 1. The highest BCUT2D eigenvalue weighted by Crippen LogP contribution is 2.19. The Labute approximate surface area is 129 Å². The standard InChI is InChI=1S/C16H21N3O3/c1-11-7-18-6-4-5-14(16(18)17-11)21-10-15(20)19-8-12(2)22-13(3)9-19/h4-7,12-13H,8-10H2,1-3H3. The third-order valence-corrected chi connectivity index (χ3v) is 3.69. The van der Waals surface area contributed by atoms with Gasteiger partial charge in [-0.05, 0) is 32.9 Å². The van der Waals surface area contributed by atoms with Gasteiger partial charge in [0.1, 0.15) is 0 Å². The van der Waals surface area contributed by atoms with Gasteiger partial charge in [-0.1, -0.05) is 0 Å². The number of morpholine rings is 1. The van der Waals surface area contributed by atoms with Crippen LogP contribution in [0.15, 0.2) is 24.5 Å². The summed E-state index contributed by atoms with van der Waals surface area (Å²) in [5.41, 5.74) is 1.65. The van der Waals surface area contributed by atoms with Gasteiger partial charge < -0.3 is 18.8 Å². The molecule has 0 aliphatic carbocycles. The average molecular weight is 303 g/mol. The maximum atomic E-state index is 12.3. The highest BCUT2D eigenvalue weighted by Gasteiger charge is 2.26. The van der Waals surface area contributed by atoms with E-state index in [9.17, 15) is 4.79 Å². The number of imidazole rings is 1. The SMILES string of the molecule is Cc1cn2cccc(OCC(=O)N3CC(C)OC(C)C3)c2n1. The molecule has 118 valence electrons. The van der Waals surface area contributed by atoms with Crippen LogP contribution in [0.2, 0.25) is 0 Å². The second-order valence-corrected chi connectivity index (χ2v) is 5.83. The molecule has 1 saturated heterocycles. The van der Waals surface area contributed by atoms with E-state index >= 15 is 0 Å². The van der Waals surface area contributed by atoms with Crippen LogP contribution in [0, 0.1) is 6.92 Å². The molecule has 3 heterocycles. The van der Waals surface area contributed by atoms with Gasteiger partial charge in [-0.3, -0.25) is 4.79 Å².